The third kappa shape index (κ3) is 2.59. The van der Waals surface area contributed by atoms with Crippen molar-refractivity contribution >= 4 is 0 Å². The van der Waals surface area contributed by atoms with Crippen LogP contribution in [0.15, 0.2) is 18.2 Å². The van der Waals surface area contributed by atoms with Crippen molar-refractivity contribution in [2.24, 2.45) is 5.92 Å². The molecule has 1 aromatic rings. The Hall–Kier alpha value is -1.00. The monoisotopic (exact) mass is 281 g/mol. The van der Waals surface area contributed by atoms with Crippen LogP contribution >= 0.6 is 0 Å². The van der Waals surface area contributed by atoms with Gasteiger partial charge in [0.1, 0.15) is 11.6 Å². The Morgan fingerprint density at radius 1 is 1.25 bits per heavy atom. The number of nitrogens with zero attached hydrogens (tertiary/aromatic N) is 1. The smallest absolute Gasteiger partial charge is 0.129 e. The lowest BCUT2D eigenvalue weighted by Gasteiger charge is -2.38. The lowest BCUT2D eigenvalue weighted by Crippen LogP contribution is -2.43. The van der Waals surface area contributed by atoms with Crippen LogP contribution in [-0.2, 0) is 6.42 Å². The Balaban J connectivity index is 1.66. The summed E-state index contributed by atoms with van der Waals surface area (Å²) in [4.78, 5) is 2.42. The number of aliphatic hydroxyl groups is 1. The lowest BCUT2D eigenvalue weighted by molar-refractivity contribution is 0.0363. The highest BCUT2D eigenvalue weighted by molar-refractivity contribution is 5.19. The largest absolute Gasteiger partial charge is 0.392 e. The SMILES string of the molecule is CN1C2CCC1CC(C(O)Cc1ccc(F)cc1F)C2. The first-order valence-corrected chi connectivity index (χ1v) is 7.38. The van der Waals surface area contributed by atoms with Crippen molar-refractivity contribution in [3.05, 3.63) is 35.4 Å². The van der Waals surface area contributed by atoms with E-state index in [4.69, 9.17) is 0 Å². The number of halogens is 2. The summed E-state index contributed by atoms with van der Waals surface area (Å²) >= 11 is 0. The molecule has 0 spiro atoms. The Morgan fingerprint density at radius 2 is 1.90 bits per heavy atom. The number of aliphatic hydroxyl groups excluding tert-OH is 1. The van der Waals surface area contributed by atoms with Crippen LogP contribution in [0.4, 0.5) is 8.78 Å². The molecule has 0 amide bonds. The molecule has 2 aliphatic rings. The van der Waals surface area contributed by atoms with Crippen LogP contribution in [0.1, 0.15) is 31.2 Å². The maximum Gasteiger partial charge on any atom is 0.129 e. The summed E-state index contributed by atoms with van der Waals surface area (Å²) in [6.07, 6.45) is 4.12. The van der Waals surface area contributed by atoms with E-state index in [2.05, 4.69) is 11.9 Å². The van der Waals surface area contributed by atoms with Gasteiger partial charge in [0.15, 0.2) is 0 Å². The average molecular weight is 281 g/mol. The van der Waals surface area contributed by atoms with E-state index in [-0.39, 0.29) is 12.3 Å². The normalized spacial score (nSPS) is 31.5. The van der Waals surface area contributed by atoms with Crippen LogP contribution in [0, 0.1) is 17.6 Å². The van der Waals surface area contributed by atoms with E-state index in [1.54, 1.807) is 0 Å². The zero-order valence-corrected chi connectivity index (χ0v) is 11.7. The predicted molar refractivity (Wildman–Crippen MR) is 73.4 cm³/mol. The molecule has 110 valence electrons. The minimum Gasteiger partial charge on any atom is -0.392 e. The number of benzene rings is 1. The Kier molecular flexibility index (Phi) is 3.78. The third-order valence-electron chi connectivity index (χ3n) is 5.12. The Bertz CT molecular complexity index is 479. The first-order chi connectivity index (χ1) is 9.54. The molecule has 2 nitrogen and oxygen atoms in total. The molecule has 0 aromatic heterocycles. The summed E-state index contributed by atoms with van der Waals surface area (Å²) in [6.45, 7) is 0. The van der Waals surface area contributed by atoms with Gasteiger partial charge >= 0.3 is 0 Å². The van der Waals surface area contributed by atoms with Crippen LogP contribution in [-0.4, -0.2) is 35.2 Å². The molecule has 0 saturated carbocycles. The van der Waals surface area contributed by atoms with E-state index >= 15 is 0 Å². The van der Waals surface area contributed by atoms with Gasteiger partial charge in [-0.1, -0.05) is 6.07 Å². The molecule has 2 bridgehead atoms. The Labute approximate surface area is 118 Å². The topological polar surface area (TPSA) is 23.5 Å². The second kappa shape index (κ2) is 5.41. The molecule has 3 atom stereocenters. The quantitative estimate of drug-likeness (QED) is 0.921. The fourth-order valence-electron chi connectivity index (χ4n) is 3.85. The molecular formula is C16H21F2NO. The van der Waals surface area contributed by atoms with Crippen LogP contribution < -0.4 is 0 Å². The summed E-state index contributed by atoms with van der Waals surface area (Å²) in [5.41, 5.74) is 0.408. The van der Waals surface area contributed by atoms with Crippen molar-refractivity contribution in [3.8, 4) is 0 Å². The second-order valence-electron chi connectivity index (χ2n) is 6.29. The Morgan fingerprint density at radius 3 is 2.50 bits per heavy atom. The molecule has 3 unspecified atom stereocenters. The van der Waals surface area contributed by atoms with Crippen LogP contribution in [0.5, 0.6) is 0 Å². The fraction of sp³-hybridized carbons (Fsp3) is 0.625. The van der Waals surface area contributed by atoms with Crippen molar-refractivity contribution in [1.29, 1.82) is 0 Å². The minimum absolute atomic E-state index is 0.230. The number of piperidine rings is 1. The van der Waals surface area contributed by atoms with Crippen LogP contribution in [0.25, 0.3) is 0 Å². The van der Waals surface area contributed by atoms with Gasteiger partial charge in [-0.3, -0.25) is 0 Å². The summed E-state index contributed by atoms with van der Waals surface area (Å²) < 4.78 is 26.5. The molecule has 1 N–H and O–H groups in total. The summed E-state index contributed by atoms with van der Waals surface area (Å²) in [5.74, 6) is -0.897. The van der Waals surface area contributed by atoms with Gasteiger partial charge in [0.25, 0.3) is 0 Å². The molecule has 0 radical (unpaired) electrons. The maximum atomic E-state index is 13.6. The summed E-state index contributed by atoms with van der Waals surface area (Å²) in [6, 6.07) is 4.71. The highest BCUT2D eigenvalue weighted by atomic mass is 19.1. The van der Waals surface area contributed by atoms with Gasteiger partial charge in [-0.2, -0.15) is 0 Å². The predicted octanol–water partition coefficient (Wildman–Crippen LogP) is 2.74. The van der Waals surface area contributed by atoms with E-state index in [1.807, 2.05) is 0 Å². The highest BCUT2D eigenvalue weighted by Gasteiger charge is 2.40. The first-order valence-electron chi connectivity index (χ1n) is 7.38. The lowest BCUT2D eigenvalue weighted by atomic mass is 9.84. The zero-order valence-electron chi connectivity index (χ0n) is 11.7. The van der Waals surface area contributed by atoms with Crippen molar-refractivity contribution in [1.82, 2.24) is 4.90 Å². The van der Waals surface area contributed by atoms with E-state index in [0.717, 1.165) is 18.9 Å². The first kappa shape index (κ1) is 14.0. The molecule has 2 heterocycles. The molecule has 20 heavy (non-hydrogen) atoms. The second-order valence-corrected chi connectivity index (χ2v) is 6.29. The van der Waals surface area contributed by atoms with Crippen molar-refractivity contribution in [3.63, 3.8) is 0 Å². The standard InChI is InChI=1S/C16H21F2NO/c1-19-13-4-5-14(19)7-11(6-13)16(20)8-10-2-3-12(17)9-15(10)18/h2-3,9,11,13-14,16,20H,4-8H2,1H3. The van der Waals surface area contributed by atoms with Gasteiger partial charge in [0.2, 0.25) is 0 Å². The molecule has 3 rings (SSSR count). The molecular weight excluding hydrogens is 260 g/mol. The number of hydrogen-bond donors (Lipinski definition) is 1. The van der Waals surface area contributed by atoms with E-state index in [0.29, 0.717) is 17.6 Å². The van der Waals surface area contributed by atoms with E-state index in [1.165, 1.54) is 25.0 Å². The van der Waals surface area contributed by atoms with Gasteiger partial charge in [0.05, 0.1) is 6.10 Å². The number of hydrogen-bond acceptors (Lipinski definition) is 2. The molecule has 2 fully saturated rings. The number of rotatable bonds is 3. The van der Waals surface area contributed by atoms with Crippen molar-refractivity contribution < 1.29 is 13.9 Å². The van der Waals surface area contributed by atoms with Crippen molar-refractivity contribution in [2.45, 2.75) is 50.3 Å². The third-order valence-corrected chi connectivity index (χ3v) is 5.12. The minimum atomic E-state index is -0.571. The van der Waals surface area contributed by atoms with Crippen LogP contribution in [0.3, 0.4) is 0 Å². The molecule has 1 aromatic carbocycles. The van der Waals surface area contributed by atoms with E-state index < -0.39 is 17.7 Å². The molecule has 4 heteroatoms. The average Bonchev–Trinajstić information content (AvgIpc) is 2.64. The van der Waals surface area contributed by atoms with Gasteiger partial charge < -0.3 is 10.0 Å². The fourth-order valence-corrected chi connectivity index (χ4v) is 3.85. The van der Waals surface area contributed by atoms with Gasteiger partial charge in [-0.15, -0.1) is 0 Å². The summed E-state index contributed by atoms with van der Waals surface area (Å²) in [7, 11) is 2.16. The molecule has 2 aliphatic heterocycles. The van der Waals surface area contributed by atoms with Gasteiger partial charge in [-0.05, 0) is 50.3 Å². The summed E-state index contributed by atoms with van der Waals surface area (Å²) in [5, 5.41) is 10.4. The van der Waals surface area contributed by atoms with Crippen LogP contribution in [0.2, 0.25) is 0 Å². The number of fused-ring (bicyclic) bond motifs is 2. The molecule has 0 aliphatic carbocycles. The van der Waals surface area contributed by atoms with Gasteiger partial charge in [0, 0.05) is 24.6 Å². The highest BCUT2D eigenvalue weighted by Crippen LogP contribution is 2.39. The van der Waals surface area contributed by atoms with E-state index in [9.17, 15) is 13.9 Å². The maximum absolute atomic E-state index is 13.6. The molecule has 2 saturated heterocycles. The van der Waals surface area contributed by atoms with Gasteiger partial charge in [-0.25, -0.2) is 8.78 Å². The zero-order chi connectivity index (χ0) is 14.3. The van der Waals surface area contributed by atoms with Crippen molar-refractivity contribution in [2.75, 3.05) is 7.05 Å².